The molecule has 3 nitrogen and oxygen atoms in total. The van der Waals surface area contributed by atoms with Crippen LogP contribution >= 0.6 is 0 Å². The highest BCUT2D eigenvalue weighted by Crippen LogP contribution is 2.20. The number of hydrogen-bond acceptors (Lipinski definition) is 2. The fourth-order valence-corrected chi connectivity index (χ4v) is 2.15. The molecule has 0 aliphatic rings. The number of aryl methyl sites for hydroxylation is 2. The van der Waals surface area contributed by atoms with Gasteiger partial charge < -0.3 is 10.1 Å². The quantitative estimate of drug-likeness (QED) is 0.872. The summed E-state index contributed by atoms with van der Waals surface area (Å²) in [6, 6.07) is 12.4. The number of carbonyl (C=O) groups is 1. The van der Waals surface area contributed by atoms with Crippen LogP contribution in [0.1, 0.15) is 24.5 Å². The number of halogens is 1. The van der Waals surface area contributed by atoms with E-state index in [1.54, 1.807) is 19.1 Å². The highest BCUT2D eigenvalue weighted by molar-refractivity contribution is 5.90. The number of ether oxygens (including phenoxy) is 1. The molecular formula is C18H20FNO2. The van der Waals surface area contributed by atoms with Crippen LogP contribution in [-0.2, 0) is 11.2 Å². The van der Waals surface area contributed by atoms with Crippen molar-refractivity contribution in [2.24, 2.45) is 0 Å². The zero-order valence-electron chi connectivity index (χ0n) is 12.9. The molecule has 1 amide bonds. The molecule has 0 radical (unpaired) electrons. The summed E-state index contributed by atoms with van der Waals surface area (Å²) in [6.45, 7) is 4.20. The van der Waals surface area contributed by atoms with Crippen molar-refractivity contribution in [3.8, 4) is 5.75 Å². The Morgan fingerprint density at radius 1 is 1.23 bits per heavy atom. The molecule has 0 aromatic heterocycles. The number of anilines is 1. The van der Waals surface area contributed by atoms with E-state index in [0.717, 1.165) is 11.3 Å². The first kappa shape index (κ1) is 16.0. The fourth-order valence-electron chi connectivity index (χ4n) is 2.15. The van der Waals surface area contributed by atoms with Crippen molar-refractivity contribution in [2.45, 2.75) is 26.7 Å². The van der Waals surface area contributed by atoms with Crippen LogP contribution in [0, 0.1) is 12.7 Å². The summed E-state index contributed by atoms with van der Waals surface area (Å²) in [5.41, 5.74) is 2.03. The number of hydrogen-bond donors (Lipinski definition) is 1. The van der Waals surface area contributed by atoms with Crippen molar-refractivity contribution in [1.29, 1.82) is 0 Å². The van der Waals surface area contributed by atoms with Gasteiger partial charge in [-0.15, -0.1) is 0 Å². The van der Waals surface area contributed by atoms with Gasteiger partial charge in [-0.25, -0.2) is 4.39 Å². The Kier molecular flexibility index (Phi) is 5.53. The molecule has 0 aliphatic heterocycles. The van der Waals surface area contributed by atoms with Crippen molar-refractivity contribution < 1.29 is 13.9 Å². The monoisotopic (exact) mass is 301 g/mol. The van der Waals surface area contributed by atoms with Gasteiger partial charge in [0.15, 0.2) is 0 Å². The van der Waals surface area contributed by atoms with Gasteiger partial charge in [-0.1, -0.05) is 24.3 Å². The third-order valence-electron chi connectivity index (χ3n) is 3.35. The highest BCUT2D eigenvalue weighted by Gasteiger charge is 2.08. The van der Waals surface area contributed by atoms with Gasteiger partial charge in [0.25, 0.3) is 0 Å². The van der Waals surface area contributed by atoms with E-state index in [-0.39, 0.29) is 11.7 Å². The maximum atomic E-state index is 13.5. The zero-order valence-corrected chi connectivity index (χ0v) is 12.9. The molecule has 0 saturated heterocycles. The minimum Gasteiger partial charge on any atom is -0.494 e. The number of para-hydroxylation sites is 1. The lowest BCUT2D eigenvalue weighted by molar-refractivity contribution is -0.116. The smallest absolute Gasteiger partial charge is 0.224 e. The van der Waals surface area contributed by atoms with E-state index in [1.807, 2.05) is 31.2 Å². The number of carbonyl (C=O) groups excluding carboxylic acids is 1. The number of nitrogens with one attached hydrogen (secondary N) is 1. The lowest BCUT2D eigenvalue weighted by atomic mass is 10.1. The van der Waals surface area contributed by atoms with Crippen LogP contribution in [0.4, 0.5) is 10.1 Å². The third kappa shape index (κ3) is 4.32. The summed E-state index contributed by atoms with van der Waals surface area (Å²) in [4.78, 5) is 12.0. The van der Waals surface area contributed by atoms with Gasteiger partial charge in [-0.3, -0.25) is 4.79 Å². The Hall–Kier alpha value is -2.36. The first-order valence-electron chi connectivity index (χ1n) is 7.37. The van der Waals surface area contributed by atoms with Gasteiger partial charge in [0.2, 0.25) is 5.91 Å². The van der Waals surface area contributed by atoms with Gasteiger partial charge in [-0.2, -0.15) is 0 Å². The molecule has 22 heavy (non-hydrogen) atoms. The standard InChI is InChI=1S/C18H20FNO2/c1-3-22-17-7-5-4-6-14(17)9-11-18(21)20-15-10-8-13(2)16(19)12-15/h4-8,10,12H,3,9,11H2,1-2H3,(H,20,21). The maximum Gasteiger partial charge on any atom is 0.224 e. The van der Waals surface area contributed by atoms with Crippen LogP contribution in [0.5, 0.6) is 5.75 Å². The largest absolute Gasteiger partial charge is 0.494 e. The molecule has 0 unspecified atom stereocenters. The Morgan fingerprint density at radius 2 is 2.00 bits per heavy atom. The minimum absolute atomic E-state index is 0.144. The first-order valence-corrected chi connectivity index (χ1v) is 7.37. The molecule has 116 valence electrons. The molecule has 1 N–H and O–H groups in total. The Bertz CT molecular complexity index is 655. The summed E-state index contributed by atoms with van der Waals surface area (Å²) >= 11 is 0. The van der Waals surface area contributed by atoms with E-state index >= 15 is 0 Å². The maximum absolute atomic E-state index is 13.5. The van der Waals surface area contributed by atoms with Crippen LogP contribution < -0.4 is 10.1 Å². The van der Waals surface area contributed by atoms with Crippen LogP contribution in [0.2, 0.25) is 0 Å². The second-order valence-electron chi connectivity index (χ2n) is 5.05. The van der Waals surface area contributed by atoms with E-state index in [1.165, 1.54) is 6.07 Å². The Morgan fingerprint density at radius 3 is 2.73 bits per heavy atom. The van der Waals surface area contributed by atoms with Crippen LogP contribution in [0.3, 0.4) is 0 Å². The van der Waals surface area contributed by atoms with Crippen LogP contribution in [-0.4, -0.2) is 12.5 Å². The minimum atomic E-state index is -0.320. The van der Waals surface area contributed by atoms with E-state index in [9.17, 15) is 9.18 Å². The van der Waals surface area contributed by atoms with Crippen LogP contribution in [0.25, 0.3) is 0 Å². The summed E-state index contributed by atoms with van der Waals surface area (Å²) in [7, 11) is 0. The molecule has 0 aliphatic carbocycles. The molecule has 0 atom stereocenters. The lowest BCUT2D eigenvalue weighted by Crippen LogP contribution is -2.13. The third-order valence-corrected chi connectivity index (χ3v) is 3.35. The average molecular weight is 301 g/mol. The average Bonchev–Trinajstić information content (AvgIpc) is 2.50. The molecule has 0 spiro atoms. The van der Waals surface area contributed by atoms with Crippen molar-refractivity contribution >= 4 is 11.6 Å². The number of rotatable bonds is 6. The van der Waals surface area contributed by atoms with E-state index in [2.05, 4.69) is 5.32 Å². The Labute approximate surface area is 130 Å². The fraction of sp³-hybridized carbons (Fsp3) is 0.278. The molecule has 4 heteroatoms. The van der Waals surface area contributed by atoms with Crippen molar-refractivity contribution in [3.63, 3.8) is 0 Å². The predicted molar refractivity (Wildman–Crippen MR) is 85.7 cm³/mol. The summed E-state index contributed by atoms with van der Waals surface area (Å²) in [6.07, 6.45) is 0.899. The van der Waals surface area contributed by atoms with Crippen molar-refractivity contribution in [2.75, 3.05) is 11.9 Å². The Balaban J connectivity index is 1.94. The summed E-state index contributed by atoms with van der Waals surface area (Å²) in [5.74, 6) is 0.341. The van der Waals surface area contributed by atoms with Crippen LogP contribution in [0.15, 0.2) is 42.5 Å². The number of benzene rings is 2. The normalized spacial score (nSPS) is 10.3. The van der Waals surface area contributed by atoms with E-state index in [0.29, 0.717) is 30.7 Å². The van der Waals surface area contributed by atoms with Gasteiger partial charge in [0.1, 0.15) is 11.6 Å². The second kappa shape index (κ2) is 7.59. The molecule has 0 heterocycles. The topological polar surface area (TPSA) is 38.3 Å². The molecule has 2 aromatic carbocycles. The predicted octanol–water partition coefficient (Wildman–Crippen LogP) is 4.10. The van der Waals surface area contributed by atoms with E-state index < -0.39 is 0 Å². The van der Waals surface area contributed by atoms with Crippen molar-refractivity contribution in [1.82, 2.24) is 0 Å². The molecule has 0 fully saturated rings. The summed E-state index contributed by atoms with van der Waals surface area (Å²) < 4.78 is 19.0. The molecule has 0 saturated carbocycles. The van der Waals surface area contributed by atoms with Crippen molar-refractivity contribution in [3.05, 3.63) is 59.4 Å². The highest BCUT2D eigenvalue weighted by atomic mass is 19.1. The molecule has 2 aromatic rings. The first-order chi connectivity index (χ1) is 10.6. The SMILES string of the molecule is CCOc1ccccc1CCC(=O)Nc1ccc(C)c(F)c1. The number of amides is 1. The van der Waals surface area contributed by atoms with Gasteiger partial charge in [0.05, 0.1) is 6.61 Å². The van der Waals surface area contributed by atoms with Gasteiger partial charge in [-0.05, 0) is 49.6 Å². The molecule has 0 bridgehead atoms. The van der Waals surface area contributed by atoms with Gasteiger partial charge >= 0.3 is 0 Å². The molecular weight excluding hydrogens is 281 g/mol. The zero-order chi connectivity index (χ0) is 15.9. The van der Waals surface area contributed by atoms with Gasteiger partial charge in [0, 0.05) is 12.1 Å². The second-order valence-corrected chi connectivity index (χ2v) is 5.05. The summed E-state index contributed by atoms with van der Waals surface area (Å²) in [5, 5.41) is 2.71. The lowest BCUT2D eigenvalue weighted by Gasteiger charge is -2.10. The molecule has 2 rings (SSSR count). The van der Waals surface area contributed by atoms with E-state index in [4.69, 9.17) is 4.74 Å².